The molecule has 0 radical (unpaired) electrons. The number of hydrazone groups is 1. The normalized spacial score (nSPS) is 15.7. The van der Waals surface area contributed by atoms with Crippen LogP contribution in [0.15, 0.2) is 58.6 Å². The molecule has 0 unspecified atom stereocenters. The molecule has 0 spiro atoms. The Morgan fingerprint density at radius 2 is 1.81 bits per heavy atom. The molecule has 164 valence electrons. The number of carbonyl (C=O) groups excluding carboxylic acids is 1. The molecule has 0 aliphatic carbocycles. The number of alkyl halides is 5. The number of ether oxygens (including phenoxy) is 2. The third-order valence-corrected chi connectivity index (χ3v) is 4.26. The number of aliphatic imine (C=N–C) groups is 1. The first-order valence-corrected chi connectivity index (χ1v) is 8.95. The highest BCUT2D eigenvalue weighted by Gasteiger charge is 2.57. The van der Waals surface area contributed by atoms with Gasteiger partial charge in [0.05, 0.1) is 12.3 Å². The Morgan fingerprint density at radius 1 is 1.10 bits per heavy atom. The van der Waals surface area contributed by atoms with Crippen LogP contribution in [0.2, 0.25) is 5.02 Å². The Balaban J connectivity index is 1.66. The minimum Gasteiger partial charge on any atom is -0.401 e. The van der Waals surface area contributed by atoms with Gasteiger partial charge in [-0.1, -0.05) is 29.8 Å². The molecule has 0 aromatic heterocycles. The molecule has 3 rings (SSSR count). The lowest BCUT2D eigenvalue weighted by Crippen LogP contribution is -2.40. The van der Waals surface area contributed by atoms with Gasteiger partial charge < -0.3 is 9.47 Å². The van der Waals surface area contributed by atoms with Gasteiger partial charge in [-0.05, 0) is 35.9 Å². The van der Waals surface area contributed by atoms with E-state index < -0.39 is 31.3 Å². The van der Waals surface area contributed by atoms with E-state index in [9.17, 15) is 26.7 Å². The minimum absolute atomic E-state index is 0.0712. The maximum absolute atomic E-state index is 12.9. The Morgan fingerprint density at radius 3 is 2.48 bits per heavy atom. The molecule has 0 fully saturated rings. The fourth-order valence-corrected chi connectivity index (χ4v) is 2.49. The molecule has 1 aliphatic heterocycles. The predicted octanol–water partition coefficient (Wildman–Crippen LogP) is 4.78. The van der Waals surface area contributed by atoms with Crippen LogP contribution < -0.4 is 5.43 Å². The van der Waals surface area contributed by atoms with Crippen LogP contribution in [0.25, 0.3) is 0 Å². The maximum Gasteiger partial charge on any atom is 0.455 e. The molecule has 1 aliphatic rings. The average molecular weight is 462 g/mol. The molecule has 6 nitrogen and oxygen atoms in total. The number of halogens is 6. The van der Waals surface area contributed by atoms with Crippen molar-refractivity contribution in [1.82, 2.24) is 0 Å². The van der Waals surface area contributed by atoms with Crippen molar-refractivity contribution in [2.24, 2.45) is 10.1 Å². The van der Waals surface area contributed by atoms with E-state index in [1.54, 1.807) is 30.3 Å². The van der Waals surface area contributed by atoms with Gasteiger partial charge in [-0.25, -0.2) is 4.79 Å². The Bertz CT molecular complexity index is 1030. The molecule has 0 saturated heterocycles. The number of nitrogens with zero attached hydrogens (tertiary/aromatic N) is 2. The second-order valence-electron chi connectivity index (χ2n) is 6.22. The van der Waals surface area contributed by atoms with Crippen LogP contribution in [0.1, 0.15) is 11.1 Å². The van der Waals surface area contributed by atoms with Crippen LogP contribution in [0.4, 0.5) is 27.6 Å². The molecule has 0 amide bonds. The zero-order valence-electron chi connectivity index (χ0n) is 15.4. The fourth-order valence-electron chi connectivity index (χ4n) is 2.32. The van der Waals surface area contributed by atoms with Crippen LogP contribution in [-0.2, 0) is 20.9 Å². The van der Waals surface area contributed by atoms with Crippen molar-refractivity contribution in [3.8, 4) is 0 Å². The summed E-state index contributed by atoms with van der Waals surface area (Å²) < 4.78 is 72.0. The van der Waals surface area contributed by atoms with E-state index in [1.165, 1.54) is 18.2 Å². The lowest BCUT2D eigenvalue weighted by atomic mass is 10.2. The average Bonchev–Trinajstić information content (AvgIpc) is 3.09. The second-order valence-corrected chi connectivity index (χ2v) is 6.63. The van der Waals surface area contributed by atoms with Crippen molar-refractivity contribution in [2.75, 3.05) is 12.0 Å². The topological polar surface area (TPSA) is 72.3 Å². The van der Waals surface area contributed by atoms with Gasteiger partial charge in [-0.15, -0.1) is 5.10 Å². The summed E-state index contributed by atoms with van der Waals surface area (Å²) in [6.07, 6.45) is -5.72. The number of nitrogens with one attached hydrogen (secondary N) is 1. The number of hydrogen-bond acceptors (Lipinski definition) is 5. The molecule has 2 aromatic carbocycles. The van der Waals surface area contributed by atoms with E-state index in [1.807, 2.05) is 0 Å². The molecule has 0 saturated carbocycles. The highest BCUT2D eigenvalue weighted by atomic mass is 35.5. The van der Waals surface area contributed by atoms with E-state index in [2.05, 4.69) is 20.3 Å². The summed E-state index contributed by atoms with van der Waals surface area (Å²) in [7, 11) is 0. The molecule has 12 heteroatoms. The van der Waals surface area contributed by atoms with Crippen molar-refractivity contribution in [2.45, 2.75) is 18.7 Å². The number of hydrogen-bond donors (Lipinski definition) is 1. The van der Waals surface area contributed by atoms with Crippen LogP contribution >= 0.6 is 11.6 Å². The Kier molecular flexibility index (Phi) is 6.56. The zero-order chi connectivity index (χ0) is 22.6. The number of amidine groups is 1. The molecular weight excluding hydrogens is 449 g/mol. The van der Waals surface area contributed by atoms with E-state index in [4.69, 9.17) is 16.3 Å². The summed E-state index contributed by atoms with van der Waals surface area (Å²) in [6, 6.07) is 12.8. The van der Waals surface area contributed by atoms with E-state index in [0.717, 1.165) is 0 Å². The standard InChI is InChI=1S/C19H13ClF5N3O3/c20-14-7-6-13(8-12(14)9-30-10-18(21,22)19(23,24)25)27-28-15-17(29)31-16(26-15)11-4-2-1-3-5-11/h1-8,27H,9-10H2/b28-15+. The van der Waals surface area contributed by atoms with Crippen molar-refractivity contribution in [3.63, 3.8) is 0 Å². The molecule has 0 bridgehead atoms. The first kappa shape index (κ1) is 22.6. The molecule has 1 heterocycles. The largest absolute Gasteiger partial charge is 0.455 e. The van der Waals surface area contributed by atoms with Crippen molar-refractivity contribution in [1.29, 1.82) is 0 Å². The van der Waals surface area contributed by atoms with Gasteiger partial charge in [-0.2, -0.15) is 26.9 Å². The summed E-state index contributed by atoms with van der Waals surface area (Å²) in [4.78, 5) is 15.9. The summed E-state index contributed by atoms with van der Waals surface area (Å²) in [6.45, 7) is -2.45. The van der Waals surface area contributed by atoms with Crippen molar-refractivity contribution in [3.05, 3.63) is 64.7 Å². The van der Waals surface area contributed by atoms with Crippen LogP contribution in [0, 0.1) is 0 Å². The van der Waals surface area contributed by atoms with Crippen molar-refractivity contribution >= 4 is 35.0 Å². The number of anilines is 1. The van der Waals surface area contributed by atoms with Gasteiger partial charge in [-0.3, -0.25) is 5.43 Å². The van der Waals surface area contributed by atoms with Gasteiger partial charge >= 0.3 is 18.1 Å². The first-order valence-electron chi connectivity index (χ1n) is 8.57. The van der Waals surface area contributed by atoms with Crippen LogP contribution in [0.3, 0.4) is 0 Å². The van der Waals surface area contributed by atoms with Crippen LogP contribution in [0.5, 0.6) is 0 Å². The molecule has 2 aromatic rings. The van der Waals surface area contributed by atoms with Gasteiger partial charge in [0, 0.05) is 10.6 Å². The Hall–Kier alpha value is -3.05. The van der Waals surface area contributed by atoms with Gasteiger partial charge in [0.25, 0.3) is 5.84 Å². The van der Waals surface area contributed by atoms with Gasteiger partial charge in [0.2, 0.25) is 5.90 Å². The third-order valence-electron chi connectivity index (χ3n) is 3.89. The molecule has 1 N–H and O–H groups in total. The number of esters is 1. The van der Waals surface area contributed by atoms with Crippen LogP contribution in [-0.4, -0.2) is 36.4 Å². The SMILES string of the molecule is O=C1OC(c2ccccc2)=N/C1=N/Nc1ccc(Cl)c(COCC(F)(F)C(F)(F)F)c1. The number of benzene rings is 2. The molecule has 0 atom stereocenters. The van der Waals surface area contributed by atoms with E-state index in [-0.39, 0.29) is 28.0 Å². The number of carbonyl (C=O) groups is 1. The summed E-state index contributed by atoms with van der Waals surface area (Å²) >= 11 is 5.92. The fraction of sp³-hybridized carbons (Fsp3) is 0.211. The van der Waals surface area contributed by atoms with E-state index in [0.29, 0.717) is 5.56 Å². The summed E-state index contributed by atoms with van der Waals surface area (Å²) in [5.41, 5.74) is 3.49. The lowest BCUT2D eigenvalue weighted by Gasteiger charge is -2.19. The number of cyclic esters (lactones) is 1. The Labute approximate surface area is 177 Å². The smallest absolute Gasteiger partial charge is 0.401 e. The van der Waals surface area contributed by atoms with Gasteiger partial charge in [0.1, 0.15) is 6.61 Å². The van der Waals surface area contributed by atoms with Crippen molar-refractivity contribution < 1.29 is 36.2 Å². The maximum atomic E-state index is 12.9. The van der Waals surface area contributed by atoms with E-state index >= 15 is 0 Å². The third kappa shape index (κ3) is 5.56. The lowest BCUT2D eigenvalue weighted by molar-refractivity contribution is -0.297. The quantitative estimate of drug-likeness (QED) is 0.366. The predicted molar refractivity (Wildman–Crippen MR) is 102 cm³/mol. The first-order chi connectivity index (χ1) is 14.6. The highest BCUT2D eigenvalue weighted by molar-refractivity contribution is 6.43. The molecular formula is C19H13ClF5N3O3. The summed E-state index contributed by atoms with van der Waals surface area (Å²) in [5, 5.41) is 3.91. The van der Waals surface area contributed by atoms with Gasteiger partial charge in [0.15, 0.2) is 0 Å². The summed E-state index contributed by atoms with van der Waals surface area (Å²) in [5.74, 6) is -5.98. The second kappa shape index (κ2) is 8.98. The molecule has 31 heavy (non-hydrogen) atoms. The monoisotopic (exact) mass is 461 g/mol. The zero-order valence-corrected chi connectivity index (χ0v) is 16.2. The minimum atomic E-state index is -5.72. The highest BCUT2D eigenvalue weighted by Crippen LogP contribution is 2.35. The number of rotatable bonds is 7.